The van der Waals surface area contributed by atoms with Gasteiger partial charge in [-0.1, -0.05) is 13.8 Å². The van der Waals surface area contributed by atoms with Gasteiger partial charge in [0.25, 0.3) is 0 Å². The highest BCUT2D eigenvalue weighted by Crippen LogP contribution is 1.94. The summed E-state index contributed by atoms with van der Waals surface area (Å²) in [6, 6.07) is 0. The highest BCUT2D eigenvalue weighted by molar-refractivity contribution is 7.90. The van der Waals surface area contributed by atoms with Crippen LogP contribution in [0.4, 0.5) is 0 Å². The standard InChI is InChI=1S/C11H24N2O3S/c1-4-13(5-2)9-8-12-11(14)7-6-10-17(3,15)16/h4-10H2,1-3H3,(H,12,14). The van der Waals surface area contributed by atoms with E-state index in [-0.39, 0.29) is 18.1 Å². The molecule has 0 unspecified atom stereocenters. The number of sulfone groups is 1. The average molecular weight is 264 g/mol. The fraction of sp³-hybridized carbons (Fsp3) is 0.909. The fourth-order valence-corrected chi connectivity index (χ4v) is 2.15. The second-order valence-electron chi connectivity index (χ2n) is 4.11. The van der Waals surface area contributed by atoms with Crippen LogP contribution in [0.15, 0.2) is 0 Å². The Morgan fingerprint density at radius 3 is 2.29 bits per heavy atom. The minimum Gasteiger partial charge on any atom is -0.355 e. The third kappa shape index (κ3) is 10.3. The Morgan fingerprint density at radius 2 is 1.82 bits per heavy atom. The van der Waals surface area contributed by atoms with Gasteiger partial charge in [0.2, 0.25) is 5.91 Å². The summed E-state index contributed by atoms with van der Waals surface area (Å²) in [5.41, 5.74) is 0. The van der Waals surface area contributed by atoms with Crippen LogP contribution in [0, 0.1) is 0 Å². The van der Waals surface area contributed by atoms with E-state index in [1.165, 1.54) is 6.26 Å². The molecular formula is C11H24N2O3S. The molecule has 0 fully saturated rings. The Bertz CT molecular complexity index is 311. The lowest BCUT2D eigenvalue weighted by Gasteiger charge is -2.17. The van der Waals surface area contributed by atoms with Crippen molar-refractivity contribution in [2.45, 2.75) is 26.7 Å². The summed E-state index contributed by atoms with van der Waals surface area (Å²) in [7, 11) is -2.95. The topological polar surface area (TPSA) is 66.5 Å². The predicted octanol–water partition coefficient (Wildman–Crippen LogP) is 0.269. The van der Waals surface area contributed by atoms with Crippen molar-refractivity contribution in [3.8, 4) is 0 Å². The van der Waals surface area contributed by atoms with Gasteiger partial charge in [-0.3, -0.25) is 4.79 Å². The number of rotatable bonds is 9. The summed E-state index contributed by atoms with van der Waals surface area (Å²) in [5, 5.41) is 2.79. The van der Waals surface area contributed by atoms with Crippen molar-refractivity contribution in [2.24, 2.45) is 0 Å². The maximum absolute atomic E-state index is 11.4. The van der Waals surface area contributed by atoms with Crippen molar-refractivity contribution in [1.82, 2.24) is 10.2 Å². The van der Waals surface area contributed by atoms with Gasteiger partial charge in [-0.05, 0) is 19.5 Å². The van der Waals surface area contributed by atoms with Gasteiger partial charge in [0, 0.05) is 25.8 Å². The molecule has 0 bridgehead atoms. The van der Waals surface area contributed by atoms with E-state index in [4.69, 9.17) is 0 Å². The van der Waals surface area contributed by atoms with E-state index in [2.05, 4.69) is 24.1 Å². The van der Waals surface area contributed by atoms with E-state index in [0.29, 0.717) is 13.0 Å². The summed E-state index contributed by atoms with van der Waals surface area (Å²) >= 11 is 0. The number of amides is 1. The number of carbonyl (C=O) groups excluding carboxylic acids is 1. The second-order valence-corrected chi connectivity index (χ2v) is 6.37. The lowest BCUT2D eigenvalue weighted by atomic mass is 10.3. The lowest BCUT2D eigenvalue weighted by Crippen LogP contribution is -2.34. The molecule has 0 aromatic heterocycles. The van der Waals surface area contributed by atoms with E-state index in [0.717, 1.165) is 19.6 Å². The second kappa shape index (κ2) is 8.47. The molecule has 6 heteroatoms. The zero-order valence-corrected chi connectivity index (χ0v) is 11.8. The van der Waals surface area contributed by atoms with Crippen LogP contribution in [0.5, 0.6) is 0 Å². The zero-order valence-electron chi connectivity index (χ0n) is 11.0. The minimum absolute atomic E-state index is 0.0687. The van der Waals surface area contributed by atoms with Gasteiger partial charge in [0.1, 0.15) is 9.84 Å². The molecule has 0 aromatic rings. The molecule has 0 heterocycles. The van der Waals surface area contributed by atoms with Gasteiger partial charge in [-0.15, -0.1) is 0 Å². The summed E-state index contributed by atoms with van der Waals surface area (Å²) in [6.07, 6.45) is 1.87. The maximum atomic E-state index is 11.4. The van der Waals surface area contributed by atoms with Crippen molar-refractivity contribution < 1.29 is 13.2 Å². The normalized spacial score (nSPS) is 11.8. The molecule has 17 heavy (non-hydrogen) atoms. The Balaban J connectivity index is 3.60. The van der Waals surface area contributed by atoms with Gasteiger partial charge >= 0.3 is 0 Å². The lowest BCUT2D eigenvalue weighted by molar-refractivity contribution is -0.121. The first-order valence-corrected chi connectivity index (χ1v) is 8.11. The Hall–Kier alpha value is -0.620. The number of hydrogen-bond donors (Lipinski definition) is 1. The fourth-order valence-electron chi connectivity index (χ4n) is 1.48. The predicted molar refractivity (Wildman–Crippen MR) is 69.7 cm³/mol. The molecule has 0 rings (SSSR count). The van der Waals surface area contributed by atoms with Crippen LogP contribution in [0.2, 0.25) is 0 Å². The molecule has 0 radical (unpaired) electrons. The van der Waals surface area contributed by atoms with Crippen LogP contribution in [-0.4, -0.2) is 57.4 Å². The monoisotopic (exact) mass is 264 g/mol. The number of carbonyl (C=O) groups is 1. The van der Waals surface area contributed by atoms with Crippen LogP contribution >= 0.6 is 0 Å². The number of hydrogen-bond acceptors (Lipinski definition) is 4. The van der Waals surface area contributed by atoms with E-state index in [1.807, 2.05) is 0 Å². The van der Waals surface area contributed by atoms with Crippen molar-refractivity contribution in [2.75, 3.05) is 38.2 Å². The highest BCUT2D eigenvalue weighted by atomic mass is 32.2. The van der Waals surface area contributed by atoms with Crippen LogP contribution in [0.25, 0.3) is 0 Å². The molecule has 0 saturated carbocycles. The maximum Gasteiger partial charge on any atom is 0.220 e. The van der Waals surface area contributed by atoms with Crippen molar-refractivity contribution in [3.05, 3.63) is 0 Å². The summed E-state index contributed by atoms with van der Waals surface area (Å²) in [6.45, 7) is 7.57. The average Bonchev–Trinajstić information content (AvgIpc) is 2.22. The number of likely N-dealkylation sites (N-methyl/N-ethyl adjacent to an activating group) is 1. The van der Waals surface area contributed by atoms with Gasteiger partial charge in [-0.25, -0.2) is 8.42 Å². The van der Waals surface area contributed by atoms with E-state index in [1.54, 1.807) is 0 Å². The summed E-state index contributed by atoms with van der Waals surface area (Å²) in [5.74, 6) is 0.0111. The molecule has 0 spiro atoms. The van der Waals surface area contributed by atoms with Gasteiger partial charge in [-0.2, -0.15) is 0 Å². The minimum atomic E-state index is -2.95. The molecule has 0 aliphatic rings. The van der Waals surface area contributed by atoms with Crippen LogP contribution in [0.1, 0.15) is 26.7 Å². The Labute approximate surface area is 104 Å². The molecule has 0 aliphatic heterocycles. The number of nitrogens with one attached hydrogen (secondary N) is 1. The smallest absolute Gasteiger partial charge is 0.220 e. The molecular weight excluding hydrogens is 240 g/mol. The van der Waals surface area contributed by atoms with Crippen molar-refractivity contribution in [3.63, 3.8) is 0 Å². The van der Waals surface area contributed by atoms with E-state index < -0.39 is 9.84 Å². The zero-order chi connectivity index (χ0) is 13.3. The molecule has 1 N–H and O–H groups in total. The summed E-state index contributed by atoms with van der Waals surface area (Å²) in [4.78, 5) is 13.6. The molecule has 1 amide bonds. The van der Waals surface area contributed by atoms with E-state index in [9.17, 15) is 13.2 Å². The largest absolute Gasteiger partial charge is 0.355 e. The quantitative estimate of drug-likeness (QED) is 0.649. The Morgan fingerprint density at radius 1 is 1.24 bits per heavy atom. The first kappa shape index (κ1) is 16.4. The van der Waals surface area contributed by atoms with Crippen molar-refractivity contribution >= 4 is 15.7 Å². The molecule has 0 aliphatic carbocycles. The first-order chi connectivity index (χ1) is 7.89. The SMILES string of the molecule is CCN(CC)CCNC(=O)CCCS(C)(=O)=O. The first-order valence-electron chi connectivity index (χ1n) is 6.05. The molecule has 0 aromatic carbocycles. The third-order valence-electron chi connectivity index (χ3n) is 2.56. The highest BCUT2D eigenvalue weighted by Gasteiger charge is 2.06. The molecule has 0 atom stereocenters. The third-order valence-corrected chi connectivity index (χ3v) is 3.59. The van der Waals surface area contributed by atoms with Gasteiger partial charge in [0.05, 0.1) is 5.75 Å². The van der Waals surface area contributed by atoms with Gasteiger partial charge < -0.3 is 10.2 Å². The molecule has 102 valence electrons. The molecule has 5 nitrogen and oxygen atoms in total. The summed E-state index contributed by atoms with van der Waals surface area (Å²) < 4.78 is 21.7. The Kier molecular flexibility index (Phi) is 8.16. The van der Waals surface area contributed by atoms with Crippen LogP contribution in [-0.2, 0) is 14.6 Å². The van der Waals surface area contributed by atoms with E-state index >= 15 is 0 Å². The molecule has 0 saturated heterocycles. The van der Waals surface area contributed by atoms with Crippen LogP contribution < -0.4 is 5.32 Å². The van der Waals surface area contributed by atoms with Gasteiger partial charge in [0.15, 0.2) is 0 Å². The van der Waals surface area contributed by atoms with Crippen LogP contribution in [0.3, 0.4) is 0 Å². The van der Waals surface area contributed by atoms with Crippen molar-refractivity contribution in [1.29, 1.82) is 0 Å². The number of nitrogens with zero attached hydrogens (tertiary/aromatic N) is 1.